The van der Waals surface area contributed by atoms with Crippen LogP contribution in [0.3, 0.4) is 0 Å². The van der Waals surface area contributed by atoms with Crippen molar-refractivity contribution >= 4 is 11.8 Å². The summed E-state index contributed by atoms with van der Waals surface area (Å²) in [5, 5.41) is 10.2. The van der Waals surface area contributed by atoms with Crippen LogP contribution in [0.1, 0.15) is 13.8 Å². The first kappa shape index (κ1) is 16.0. The van der Waals surface area contributed by atoms with E-state index in [0.29, 0.717) is 16.7 Å². The Hall–Kier alpha value is -1.37. The van der Waals surface area contributed by atoms with Gasteiger partial charge in [-0.2, -0.15) is 0 Å². The van der Waals surface area contributed by atoms with Crippen LogP contribution in [0.15, 0.2) is 40.1 Å². The quantitative estimate of drug-likeness (QED) is 0.795. The molecule has 0 saturated carbocycles. The molecule has 0 aliphatic carbocycles. The zero-order valence-corrected chi connectivity index (χ0v) is 12.8. The van der Waals surface area contributed by atoms with Crippen molar-refractivity contribution in [3.8, 4) is 11.3 Å². The topological polar surface area (TPSA) is 55.5 Å². The number of aliphatic hydroxyl groups is 1. The minimum Gasteiger partial charge on any atom is -0.431 e. The summed E-state index contributed by atoms with van der Waals surface area (Å²) in [5.74, 6) is 0.724. The van der Waals surface area contributed by atoms with E-state index in [2.05, 4.69) is 4.98 Å². The first-order valence-corrected chi connectivity index (χ1v) is 7.67. The minimum absolute atomic E-state index is 0.0940. The highest BCUT2D eigenvalue weighted by Crippen LogP contribution is 2.25. The van der Waals surface area contributed by atoms with Crippen molar-refractivity contribution in [2.45, 2.75) is 31.3 Å². The second-order valence-electron chi connectivity index (χ2n) is 4.84. The average molecular weight is 311 g/mol. The van der Waals surface area contributed by atoms with Crippen LogP contribution in [0.25, 0.3) is 11.3 Å². The van der Waals surface area contributed by atoms with Gasteiger partial charge in [-0.25, -0.2) is 9.37 Å². The number of benzene rings is 1. The van der Waals surface area contributed by atoms with Crippen LogP contribution >= 0.6 is 11.8 Å². The molecule has 0 bridgehead atoms. The SMILES string of the molecule is CC(C)OCC(O)CSc1ncc(-c2ccc(F)cc2)o1. The fraction of sp³-hybridized carbons (Fsp3) is 0.400. The first-order chi connectivity index (χ1) is 10.0. The van der Waals surface area contributed by atoms with Crippen molar-refractivity contribution < 1.29 is 18.7 Å². The van der Waals surface area contributed by atoms with E-state index in [0.717, 1.165) is 5.56 Å². The summed E-state index contributed by atoms with van der Waals surface area (Å²) >= 11 is 1.32. The second-order valence-corrected chi connectivity index (χ2v) is 5.82. The molecule has 0 saturated heterocycles. The number of ether oxygens (including phenoxy) is 1. The summed E-state index contributed by atoms with van der Waals surface area (Å²) in [7, 11) is 0. The van der Waals surface area contributed by atoms with E-state index in [4.69, 9.17) is 9.15 Å². The normalized spacial score (nSPS) is 12.8. The molecule has 1 aromatic carbocycles. The largest absolute Gasteiger partial charge is 0.431 e. The lowest BCUT2D eigenvalue weighted by molar-refractivity contribution is 0.0152. The van der Waals surface area contributed by atoms with Gasteiger partial charge in [-0.1, -0.05) is 11.8 Å². The van der Waals surface area contributed by atoms with Gasteiger partial charge in [0.2, 0.25) is 0 Å². The second kappa shape index (κ2) is 7.59. The maximum Gasteiger partial charge on any atom is 0.256 e. The fourth-order valence-corrected chi connectivity index (χ4v) is 2.30. The predicted octanol–water partition coefficient (Wildman–Crippen LogP) is 3.36. The number of aliphatic hydroxyl groups excluding tert-OH is 1. The van der Waals surface area contributed by atoms with E-state index < -0.39 is 6.10 Å². The number of halogens is 1. The fourth-order valence-electron chi connectivity index (χ4n) is 1.59. The van der Waals surface area contributed by atoms with Crippen molar-refractivity contribution in [3.63, 3.8) is 0 Å². The molecular weight excluding hydrogens is 293 g/mol. The van der Waals surface area contributed by atoms with Gasteiger partial charge in [0.1, 0.15) is 5.82 Å². The number of hydrogen-bond donors (Lipinski definition) is 1. The summed E-state index contributed by atoms with van der Waals surface area (Å²) in [6, 6.07) is 6.01. The van der Waals surface area contributed by atoms with Crippen LogP contribution in [0.2, 0.25) is 0 Å². The lowest BCUT2D eigenvalue weighted by Crippen LogP contribution is -2.20. The van der Waals surface area contributed by atoms with Crippen molar-refractivity contribution in [1.82, 2.24) is 4.98 Å². The third kappa shape index (κ3) is 5.15. The molecular formula is C15H18FNO3S. The number of nitrogens with zero attached hydrogens (tertiary/aromatic N) is 1. The monoisotopic (exact) mass is 311 g/mol. The maximum atomic E-state index is 12.9. The van der Waals surface area contributed by atoms with Gasteiger partial charge in [-0.05, 0) is 38.1 Å². The molecule has 6 heteroatoms. The molecule has 0 amide bonds. The summed E-state index contributed by atoms with van der Waals surface area (Å²) in [5.41, 5.74) is 0.763. The van der Waals surface area contributed by atoms with Gasteiger partial charge in [0, 0.05) is 11.3 Å². The van der Waals surface area contributed by atoms with Crippen LogP contribution in [0.4, 0.5) is 4.39 Å². The Morgan fingerprint density at radius 1 is 1.33 bits per heavy atom. The van der Waals surface area contributed by atoms with Gasteiger partial charge in [-0.15, -0.1) is 0 Å². The summed E-state index contributed by atoms with van der Waals surface area (Å²) in [6.07, 6.45) is 1.11. The van der Waals surface area contributed by atoms with Crippen LogP contribution < -0.4 is 0 Å². The third-order valence-electron chi connectivity index (χ3n) is 2.63. The van der Waals surface area contributed by atoms with Crippen molar-refractivity contribution in [2.24, 2.45) is 0 Å². The van der Waals surface area contributed by atoms with Crippen LogP contribution in [-0.2, 0) is 4.74 Å². The first-order valence-electron chi connectivity index (χ1n) is 6.69. The Labute approximate surface area is 127 Å². The molecule has 0 radical (unpaired) electrons. The van der Waals surface area contributed by atoms with Gasteiger partial charge in [0.05, 0.1) is 25.0 Å². The van der Waals surface area contributed by atoms with Crippen molar-refractivity contribution in [1.29, 1.82) is 0 Å². The Morgan fingerprint density at radius 3 is 2.71 bits per heavy atom. The van der Waals surface area contributed by atoms with Crippen LogP contribution in [-0.4, -0.2) is 34.7 Å². The van der Waals surface area contributed by atoms with E-state index in [9.17, 15) is 9.50 Å². The molecule has 2 rings (SSSR count). The van der Waals surface area contributed by atoms with E-state index in [1.807, 2.05) is 13.8 Å². The molecule has 21 heavy (non-hydrogen) atoms. The zero-order chi connectivity index (χ0) is 15.2. The van der Waals surface area contributed by atoms with Crippen LogP contribution in [0.5, 0.6) is 0 Å². The van der Waals surface area contributed by atoms with Gasteiger partial charge in [-0.3, -0.25) is 0 Å². The molecule has 114 valence electrons. The van der Waals surface area contributed by atoms with Crippen LogP contribution in [0, 0.1) is 5.82 Å². The van der Waals surface area contributed by atoms with E-state index in [1.54, 1.807) is 18.3 Å². The molecule has 1 unspecified atom stereocenters. The van der Waals surface area contributed by atoms with Gasteiger partial charge >= 0.3 is 0 Å². The minimum atomic E-state index is -0.571. The highest BCUT2D eigenvalue weighted by Gasteiger charge is 2.11. The van der Waals surface area contributed by atoms with Gasteiger partial charge < -0.3 is 14.3 Å². The van der Waals surface area contributed by atoms with E-state index >= 15 is 0 Å². The number of oxazole rings is 1. The Balaban J connectivity index is 1.87. The molecule has 0 aliphatic rings. The van der Waals surface area contributed by atoms with Crippen molar-refractivity contribution in [3.05, 3.63) is 36.3 Å². The number of thioether (sulfide) groups is 1. The Bertz CT molecular complexity index is 556. The lowest BCUT2D eigenvalue weighted by atomic mass is 10.2. The third-order valence-corrected chi connectivity index (χ3v) is 3.62. The smallest absolute Gasteiger partial charge is 0.256 e. The Kier molecular flexibility index (Phi) is 5.78. The summed E-state index contributed by atoms with van der Waals surface area (Å²) < 4.78 is 23.7. The van der Waals surface area contributed by atoms with E-state index in [1.165, 1.54) is 23.9 Å². The van der Waals surface area contributed by atoms with E-state index in [-0.39, 0.29) is 18.5 Å². The molecule has 0 aliphatic heterocycles. The standard InChI is InChI=1S/C15H18FNO3S/c1-10(2)19-8-13(18)9-21-15-17-7-14(20-15)11-3-5-12(16)6-4-11/h3-7,10,13,18H,8-9H2,1-2H3. The maximum absolute atomic E-state index is 12.9. The molecule has 0 spiro atoms. The highest BCUT2D eigenvalue weighted by atomic mass is 32.2. The molecule has 1 heterocycles. The summed E-state index contributed by atoms with van der Waals surface area (Å²) in [6.45, 7) is 4.13. The number of hydrogen-bond acceptors (Lipinski definition) is 5. The molecule has 0 fully saturated rings. The van der Waals surface area contributed by atoms with Gasteiger partial charge in [0.25, 0.3) is 5.22 Å². The molecule has 1 N–H and O–H groups in total. The molecule has 1 atom stereocenters. The average Bonchev–Trinajstić information content (AvgIpc) is 2.92. The van der Waals surface area contributed by atoms with Crippen molar-refractivity contribution in [2.75, 3.05) is 12.4 Å². The number of rotatable bonds is 7. The highest BCUT2D eigenvalue weighted by molar-refractivity contribution is 7.99. The Morgan fingerprint density at radius 2 is 2.05 bits per heavy atom. The predicted molar refractivity (Wildman–Crippen MR) is 79.7 cm³/mol. The summed E-state index contributed by atoms with van der Waals surface area (Å²) in [4.78, 5) is 4.13. The molecule has 1 aromatic heterocycles. The molecule has 2 aromatic rings. The number of aromatic nitrogens is 1. The van der Waals surface area contributed by atoms with Gasteiger partial charge in [0.15, 0.2) is 5.76 Å². The lowest BCUT2D eigenvalue weighted by Gasteiger charge is -2.11. The zero-order valence-electron chi connectivity index (χ0n) is 12.0. The molecule has 4 nitrogen and oxygen atoms in total.